The molecule has 106 valence electrons. The van der Waals surface area contributed by atoms with E-state index in [-0.39, 0.29) is 18.4 Å². The van der Waals surface area contributed by atoms with Crippen molar-refractivity contribution in [2.45, 2.75) is 19.4 Å². The van der Waals surface area contributed by atoms with E-state index in [1.165, 1.54) is 7.11 Å². The molecule has 1 aromatic carbocycles. The van der Waals surface area contributed by atoms with Crippen LogP contribution < -0.4 is 14.8 Å². The predicted octanol–water partition coefficient (Wildman–Crippen LogP) is 1.84. The third kappa shape index (κ3) is 3.38. The van der Waals surface area contributed by atoms with Crippen molar-refractivity contribution in [3.63, 3.8) is 0 Å². The summed E-state index contributed by atoms with van der Waals surface area (Å²) < 4.78 is 15.4. The summed E-state index contributed by atoms with van der Waals surface area (Å²) in [6.45, 7) is 1.92. The van der Waals surface area contributed by atoms with Crippen LogP contribution in [0, 0.1) is 6.92 Å². The van der Waals surface area contributed by atoms with Crippen LogP contribution in [0.2, 0.25) is 0 Å². The fourth-order valence-corrected chi connectivity index (χ4v) is 2.08. The summed E-state index contributed by atoms with van der Waals surface area (Å²) in [7, 11) is 6.40. The van der Waals surface area contributed by atoms with Crippen molar-refractivity contribution in [2.24, 2.45) is 0 Å². The van der Waals surface area contributed by atoms with Crippen LogP contribution in [0.4, 0.5) is 0 Å². The average molecular weight is 267 g/mol. The lowest BCUT2D eigenvalue weighted by atomic mass is 9.99. The Bertz CT molecular complexity index is 445. The van der Waals surface area contributed by atoms with Gasteiger partial charge >= 0.3 is 5.97 Å². The molecule has 1 N–H and O–H groups in total. The third-order valence-electron chi connectivity index (χ3n) is 3.13. The Morgan fingerprint density at radius 2 is 1.95 bits per heavy atom. The molecule has 0 amide bonds. The van der Waals surface area contributed by atoms with Crippen LogP contribution in [0.3, 0.4) is 0 Å². The summed E-state index contributed by atoms with van der Waals surface area (Å²) >= 11 is 0. The number of hydrogen-bond acceptors (Lipinski definition) is 5. The minimum atomic E-state index is -0.269. The quantitative estimate of drug-likeness (QED) is 0.797. The van der Waals surface area contributed by atoms with Gasteiger partial charge in [0.15, 0.2) is 0 Å². The molecule has 0 aliphatic rings. The molecule has 0 aromatic heterocycles. The highest BCUT2D eigenvalue weighted by Crippen LogP contribution is 2.35. The van der Waals surface area contributed by atoms with Gasteiger partial charge in [-0.05, 0) is 20.0 Å². The first-order valence-electron chi connectivity index (χ1n) is 6.04. The van der Waals surface area contributed by atoms with Gasteiger partial charge in [0.05, 0.1) is 27.8 Å². The van der Waals surface area contributed by atoms with Crippen LogP contribution in [0.5, 0.6) is 11.5 Å². The first-order chi connectivity index (χ1) is 9.08. The monoisotopic (exact) mass is 267 g/mol. The summed E-state index contributed by atoms with van der Waals surface area (Å²) in [4.78, 5) is 11.4. The highest BCUT2D eigenvalue weighted by molar-refractivity contribution is 5.70. The molecule has 0 heterocycles. The molecule has 19 heavy (non-hydrogen) atoms. The number of benzene rings is 1. The molecule has 0 saturated heterocycles. The molecule has 5 nitrogen and oxygen atoms in total. The molecule has 0 bridgehead atoms. The van der Waals surface area contributed by atoms with Crippen molar-refractivity contribution in [3.05, 3.63) is 23.3 Å². The molecular weight excluding hydrogens is 246 g/mol. The van der Waals surface area contributed by atoms with E-state index < -0.39 is 0 Å². The van der Waals surface area contributed by atoms with Crippen molar-refractivity contribution in [1.82, 2.24) is 5.32 Å². The number of carbonyl (C=O) groups excluding carboxylic acids is 1. The van der Waals surface area contributed by atoms with Gasteiger partial charge in [-0.15, -0.1) is 0 Å². The molecule has 1 rings (SSSR count). The Labute approximate surface area is 113 Å². The van der Waals surface area contributed by atoms with Crippen molar-refractivity contribution in [2.75, 3.05) is 28.4 Å². The summed E-state index contributed by atoms with van der Waals surface area (Å²) in [5, 5.41) is 3.10. The molecular formula is C14H21NO4. The van der Waals surface area contributed by atoms with Gasteiger partial charge in [0.1, 0.15) is 11.5 Å². The second kappa shape index (κ2) is 6.99. The minimum absolute atomic E-state index is 0.160. The van der Waals surface area contributed by atoms with Gasteiger partial charge in [-0.25, -0.2) is 0 Å². The van der Waals surface area contributed by atoms with E-state index in [0.29, 0.717) is 0 Å². The van der Waals surface area contributed by atoms with Crippen molar-refractivity contribution < 1.29 is 19.0 Å². The molecule has 5 heteroatoms. The zero-order chi connectivity index (χ0) is 14.4. The zero-order valence-corrected chi connectivity index (χ0v) is 12.1. The standard InChI is InChI=1S/C14H21NO4/c1-9-12(17-3)7-6-10(14(9)19-5)11(15-2)8-13(16)18-4/h6-7,11,15H,8H2,1-5H3. The van der Waals surface area contributed by atoms with E-state index >= 15 is 0 Å². The summed E-state index contributed by atoms with van der Waals surface area (Å²) in [5.41, 5.74) is 1.82. The van der Waals surface area contributed by atoms with Crippen LogP contribution >= 0.6 is 0 Å². The van der Waals surface area contributed by atoms with E-state index in [4.69, 9.17) is 14.2 Å². The number of methoxy groups -OCH3 is 3. The number of nitrogens with one attached hydrogen (secondary N) is 1. The number of carbonyl (C=O) groups is 1. The molecule has 1 aromatic rings. The third-order valence-corrected chi connectivity index (χ3v) is 3.13. The Hall–Kier alpha value is -1.75. The SMILES string of the molecule is CNC(CC(=O)OC)c1ccc(OC)c(C)c1OC. The van der Waals surface area contributed by atoms with Gasteiger partial charge in [0, 0.05) is 17.2 Å². The summed E-state index contributed by atoms with van der Waals surface area (Å²) in [5.74, 6) is 1.21. The first-order valence-corrected chi connectivity index (χ1v) is 6.04. The second-order valence-electron chi connectivity index (χ2n) is 4.14. The molecule has 1 unspecified atom stereocenters. The first kappa shape index (κ1) is 15.3. The Morgan fingerprint density at radius 1 is 1.26 bits per heavy atom. The minimum Gasteiger partial charge on any atom is -0.496 e. The Morgan fingerprint density at radius 3 is 2.42 bits per heavy atom. The highest BCUT2D eigenvalue weighted by Gasteiger charge is 2.21. The highest BCUT2D eigenvalue weighted by atomic mass is 16.5. The second-order valence-corrected chi connectivity index (χ2v) is 4.14. The molecule has 0 aliphatic carbocycles. The van der Waals surface area contributed by atoms with Crippen LogP contribution in [0.15, 0.2) is 12.1 Å². The smallest absolute Gasteiger partial charge is 0.307 e. The van der Waals surface area contributed by atoms with Crippen molar-refractivity contribution in [1.29, 1.82) is 0 Å². The fraction of sp³-hybridized carbons (Fsp3) is 0.500. The molecule has 0 radical (unpaired) electrons. The lowest BCUT2D eigenvalue weighted by Gasteiger charge is -2.21. The van der Waals surface area contributed by atoms with Gasteiger partial charge in [-0.2, -0.15) is 0 Å². The van der Waals surface area contributed by atoms with E-state index in [9.17, 15) is 4.79 Å². The molecule has 0 saturated carbocycles. The number of rotatable bonds is 6. The van der Waals surface area contributed by atoms with E-state index in [2.05, 4.69) is 5.32 Å². The summed E-state index contributed by atoms with van der Waals surface area (Å²) in [6, 6.07) is 3.61. The lowest BCUT2D eigenvalue weighted by molar-refractivity contribution is -0.141. The number of esters is 1. The normalized spacial score (nSPS) is 11.8. The maximum atomic E-state index is 11.4. The summed E-state index contributed by atoms with van der Waals surface area (Å²) in [6.07, 6.45) is 0.245. The topological polar surface area (TPSA) is 56.8 Å². The zero-order valence-electron chi connectivity index (χ0n) is 12.1. The van der Waals surface area contributed by atoms with Crippen LogP contribution in [0.25, 0.3) is 0 Å². The Balaban J connectivity index is 3.16. The number of ether oxygens (including phenoxy) is 3. The van der Waals surface area contributed by atoms with Crippen molar-refractivity contribution in [3.8, 4) is 11.5 Å². The van der Waals surface area contributed by atoms with E-state index in [0.717, 1.165) is 22.6 Å². The van der Waals surface area contributed by atoms with Gasteiger partial charge in [0.25, 0.3) is 0 Å². The maximum absolute atomic E-state index is 11.4. The van der Waals surface area contributed by atoms with Crippen LogP contribution in [-0.2, 0) is 9.53 Å². The van der Waals surface area contributed by atoms with E-state index in [1.54, 1.807) is 21.3 Å². The van der Waals surface area contributed by atoms with Gasteiger partial charge in [-0.3, -0.25) is 4.79 Å². The van der Waals surface area contributed by atoms with Gasteiger partial charge in [0.2, 0.25) is 0 Å². The molecule has 0 fully saturated rings. The lowest BCUT2D eigenvalue weighted by Crippen LogP contribution is -2.21. The molecule has 0 aliphatic heterocycles. The Kier molecular flexibility index (Phi) is 5.63. The average Bonchev–Trinajstić information content (AvgIpc) is 2.44. The van der Waals surface area contributed by atoms with Gasteiger partial charge < -0.3 is 19.5 Å². The van der Waals surface area contributed by atoms with Crippen molar-refractivity contribution >= 4 is 5.97 Å². The van der Waals surface area contributed by atoms with E-state index in [1.807, 2.05) is 19.1 Å². The largest absolute Gasteiger partial charge is 0.496 e. The maximum Gasteiger partial charge on any atom is 0.307 e. The van der Waals surface area contributed by atoms with Gasteiger partial charge in [-0.1, -0.05) is 6.07 Å². The number of hydrogen-bond donors (Lipinski definition) is 1. The predicted molar refractivity (Wildman–Crippen MR) is 72.7 cm³/mol. The van der Waals surface area contributed by atoms with Crippen LogP contribution in [-0.4, -0.2) is 34.3 Å². The molecule has 1 atom stereocenters. The molecule has 0 spiro atoms. The fourth-order valence-electron chi connectivity index (χ4n) is 2.08. The van der Waals surface area contributed by atoms with Crippen LogP contribution in [0.1, 0.15) is 23.6 Å².